The number of aliphatic carboxylic acids is 1. The molecule has 0 unspecified atom stereocenters. The molecule has 0 heterocycles. The Kier molecular flexibility index (Phi) is 17.6. The van der Waals surface area contributed by atoms with Crippen molar-refractivity contribution < 1.29 is 52.1 Å². The summed E-state index contributed by atoms with van der Waals surface area (Å²) in [6.07, 6.45) is -1.23. The zero-order chi connectivity index (χ0) is 43.0. The van der Waals surface area contributed by atoms with Gasteiger partial charge in [0, 0.05) is 35.3 Å². The maximum absolute atomic E-state index is 15.1. The van der Waals surface area contributed by atoms with Crippen molar-refractivity contribution in [1.82, 2.24) is 21.3 Å². The van der Waals surface area contributed by atoms with Crippen LogP contribution in [0.5, 0.6) is 0 Å². The summed E-state index contributed by atoms with van der Waals surface area (Å²) >= 11 is 6.29. The van der Waals surface area contributed by atoms with Gasteiger partial charge in [0.15, 0.2) is 0 Å². The summed E-state index contributed by atoms with van der Waals surface area (Å²) in [5.41, 5.74) is 0.0348. The summed E-state index contributed by atoms with van der Waals surface area (Å²) in [7, 11) is 0. The third-order valence-corrected chi connectivity index (χ3v) is 8.68. The van der Waals surface area contributed by atoms with Gasteiger partial charge in [-0.15, -0.1) is 0 Å². The highest BCUT2D eigenvalue weighted by atomic mass is 35.5. The quantitative estimate of drug-likeness (QED) is 0.0850. The maximum Gasteiger partial charge on any atom is 0.407 e. The van der Waals surface area contributed by atoms with Crippen molar-refractivity contribution in [1.29, 1.82) is 0 Å². The van der Waals surface area contributed by atoms with Crippen molar-refractivity contribution >= 4 is 53.0 Å². The number of halogens is 3. The van der Waals surface area contributed by atoms with Gasteiger partial charge in [0.1, 0.15) is 24.3 Å². The second-order valence-electron chi connectivity index (χ2n) is 14.7. The number of carbonyl (C=O) groups is 6. The van der Waals surface area contributed by atoms with E-state index in [9.17, 15) is 33.9 Å². The summed E-state index contributed by atoms with van der Waals surface area (Å²) in [5, 5.41) is 22.5. The summed E-state index contributed by atoms with van der Waals surface area (Å²) in [6.45, 7) is 8.25. The van der Waals surface area contributed by atoms with E-state index in [0.29, 0.717) is 11.1 Å². The Hall–Kier alpha value is -5.61. The number of hydrogen-bond acceptors (Lipinski definition) is 8. The standard InChI is InChI=1S/C41H50ClF2N5O9/c1-25(2)35(49-33(50)24-57-20-19-45-39(56)58-40(3,4)5)37(54)47-30(23-34(51)52)21-26-15-17-29(18-16-26)46-36(53)32(22-27-11-9-10-14-31(27)42)48-38(55)41(43,44)28-12-7-6-8-13-28/h6-18,25,30,32,35H,19-24H2,1-5H3,(H,45,56)(H,46,53)(H,47,54)(H,48,55)(H,49,50)(H,51,52)/t30-,32+,35+/m1/s1. The SMILES string of the molecule is CC(C)[C@H](NC(=O)COCCNC(=O)OC(C)(C)C)C(=O)N[C@@H](CC(=O)O)Cc1ccc(NC(=O)[C@H](Cc2ccccc2Cl)NC(=O)C(F)(F)c2ccccc2)cc1. The van der Waals surface area contributed by atoms with Gasteiger partial charge in [-0.25, -0.2) is 4.79 Å². The van der Waals surface area contributed by atoms with Gasteiger partial charge in [-0.1, -0.05) is 86.1 Å². The molecule has 0 aliphatic heterocycles. The number of ether oxygens (including phenoxy) is 2. The highest BCUT2D eigenvalue weighted by Crippen LogP contribution is 2.28. The van der Waals surface area contributed by atoms with E-state index in [1.807, 2.05) is 0 Å². The molecule has 314 valence electrons. The number of benzene rings is 3. The van der Waals surface area contributed by atoms with Crippen LogP contribution in [0.2, 0.25) is 5.02 Å². The Morgan fingerprint density at radius 3 is 2.05 bits per heavy atom. The van der Waals surface area contributed by atoms with Crippen LogP contribution in [0.15, 0.2) is 78.9 Å². The van der Waals surface area contributed by atoms with E-state index < -0.39 is 83.9 Å². The van der Waals surface area contributed by atoms with Crippen molar-refractivity contribution in [2.75, 3.05) is 25.1 Å². The minimum atomic E-state index is -3.94. The highest BCUT2D eigenvalue weighted by Gasteiger charge is 2.42. The fourth-order valence-corrected chi connectivity index (χ4v) is 5.70. The van der Waals surface area contributed by atoms with Gasteiger partial charge in [0.25, 0.3) is 5.91 Å². The zero-order valence-electron chi connectivity index (χ0n) is 32.9. The second-order valence-corrected chi connectivity index (χ2v) is 15.1. The van der Waals surface area contributed by atoms with Crippen LogP contribution in [0, 0.1) is 5.92 Å². The Morgan fingerprint density at radius 2 is 1.45 bits per heavy atom. The Morgan fingerprint density at radius 1 is 0.810 bits per heavy atom. The number of carboxylic acids is 1. The molecule has 14 nitrogen and oxygen atoms in total. The Labute approximate surface area is 340 Å². The van der Waals surface area contributed by atoms with Crippen LogP contribution in [-0.4, -0.2) is 84.3 Å². The van der Waals surface area contributed by atoms with Gasteiger partial charge in [0.2, 0.25) is 17.7 Å². The number of alkyl carbamates (subject to hydrolysis) is 1. The summed E-state index contributed by atoms with van der Waals surface area (Å²) in [5.74, 6) is -9.20. The molecule has 6 N–H and O–H groups in total. The lowest BCUT2D eigenvalue weighted by Gasteiger charge is -2.25. The molecule has 0 aliphatic rings. The smallest absolute Gasteiger partial charge is 0.407 e. The fraction of sp³-hybridized carbons (Fsp3) is 0.415. The average molecular weight is 830 g/mol. The van der Waals surface area contributed by atoms with Crippen LogP contribution in [0.25, 0.3) is 0 Å². The van der Waals surface area contributed by atoms with Crippen LogP contribution in [-0.2, 0) is 52.2 Å². The lowest BCUT2D eigenvalue weighted by atomic mass is 9.99. The number of carbonyl (C=O) groups excluding carboxylic acids is 5. The number of nitrogens with one attached hydrogen (secondary N) is 5. The molecule has 0 aliphatic carbocycles. The van der Waals surface area contributed by atoms with Crippen LogP contribution in [0.4, 0.5) is 19.3 Å². The number of anilines is 1. The first-order valence-corrected chi connectivity index (χ1v) is 18.9. The molecule has 3 rings (SSSR count). The van der Waals surface area contributed by atoms with Crippen LogP contribution in [0.1, 0.15) is 57.7 Å². The molecule has 3 aromatic rings. The molecule has 58 heavy (non-hydrogen) atoms. The first-order chi connectivity index (χ1) is 27.2. The van der Waals surface area contributed by atoms with Crippen molar-refractivity contribution in [3.8, 4) is 0 Å². The Bertz CT molecular complexity index is 1880. The predicted octanol–water partition coefficient (Wildman–Crippen LogP) is 4.98. The number of carboxylic acid groups (broad SMARTS) is 1. The molecule has 0 saturated heterocycles. The number of amides is 5. The Balaban J connectivity index is 1.64. The van der Waals surface area contributed by atoms with E-state index in [0.717, 1.165) is 12.1 Å². The van der Waals surface area contributed by atoms with Crippen molar-refractivity contribution in [2.24, 2.45) is 5.92 Å². The van der Waals surface area contributed by atoms with Gasteiger partial charge in [0.05, 0.1) is 13.0 Å². The first kappa shape index (κ1) is 46.8. The molecule has 0 saturated carbocycles. The third-order valence-electron chi connectivity index (χ3n) is 8.31. The number of alkyl halides is 2. The van der Waals surface area contributed by atoms with E-state index >= 15 is 8.78 Å². The van der Waals surface area contributed by atoms with E-state index in [2.05, 4.69) is 26.6 Å². The zero-order valence-corrected chi connectivity index (χ0v) is 33.7. The van der Waals surface area contributed by atoms with Gasteiger partial charge >= 0.3 is 18.0 Å². The molecule has 0 aromatic heterocycles. The largest absolute Gasteiger partial charge is 0.481 e. The van der Waals surface area contributed by atoms with Crippen LogP contribution < -0.4 is 26.6 Å². The van der Waals surface area contributed by atoms with Crippen LogP contribution >= 0.6 is 11.6 Å². The van der Waals surface area contributed by atoms with E-state index in [1.54, 1.807) is 71.0 Å². The minimum absolute atomic E-state index is 0.00172. The van der Waals surface area contributed by atoms with E-state index in [4.69, 9.17) is 21.1 Å². The fourth-order valence-electron chi connectivity index (χ4n) is 5.49. The van der Waals surface area contributed by atoms with Crippen molar-refractivity contribution in [3.05, 3.63) is 101 Å². The molecule has 0 radical (unpaired) electrons. The minimum Gasteiger partial charge on any atom is -0.481 e. The van der Waals surface area contributed by atoms with Gasteiger partial charge in [-0.3, -0.25) is 24.0 Å². The number of hydrogen-bond donors (Lipinski definition) is 6. The molecular formula is C41H50ClF2N5O9. The molecule has 17 heteroatoms. The second kappa shape index (κ2) is 21.8. The van der Waals surface area contributed by atoms with Gasteiger partial charge in [-0.2, -0.15) is 8.78 Å². The van der Waals surface area contributed by atoms with Crippen molar-refractivity contribution in [3.63, 3.8) is 0 Å². The summed E-state index contributed by atoms with van der Waals surface area (Å²) < 4.78 is 40.7. The lowest BCUT2D eigenvalue weighted by Crippen LogP contribution is -2.53. The molecule has 3 aromatic carbocycles. The summed E-state index contributed by atoms with van der Waals surface area (Å²) in [6, 6.07) is 15.7. The monoisotopic (exact) mass is 829 g/mol. The normalized spacial score (nSPS) is 13.1. The van der Waals surface area contributed by atoms with Crippen LogP contribution in [0.3, 0.4) is 0 Å². The maximum atomic E-state index is 15.1. The number of rotatable bonds is 20. The highest BCUT2D eigenvalue weighted by molar-refractivity contribution is 6.31. The van der Waals surface area contributed by atoms with E-state index in [-0.39, 0.29) is 42.6 Å². The summed E-state index contributed by atoms with van der Waals surface area (Å²) in [4.78, 5) is 75.8. The molecule has 3 atom stereocenters. The van der Waals surface area contributed by atoms with Crippen molar-refractivity contribution in [2.45, 2.75) is 83.5 Å². The molecule has 0 bridgehead atoms. The third kappa shape index (κ3) is 15.7. The molecule has 0 spiro atoms. The lowest BCUT2D eigenvalue weighted by molar-refractivity contribution is -0.148. The first-order valence-electron chi connectivity index (χ1n) is 18.5. The van der Waals surface area contributed by atoms with E-state index in [1.165, 1.54) is 30.3 Å². The average Bonchev–Trinajstić information content (AvgIpc) is 3.14. The molecule has 5 amide bonds. The van der Waals surface area contributed by atoms with Gasteiger partial charge < -0.3 is 41.2 Å². The topological polar surface area (TPSA) is 201 Å². The molecular weight excluding hydrogens is 780 g/mol. The molecule has 0 fully saturated rings. The predicted molar refractivity (Wildman–Crippen MR) is 212 cm³/mol. The van der Waals surface area contributed by atoms with Gasteiger partial charge in [-0.05, 0) is 62.4 Å².